The van der Waals surface area contributed by atoms with E-state index in [9.17, 15) is 19.2 Å². The van der Waals surface area contributed by atoms with Crippen LogP contribution in [0.3, 0.4) is 0 Å². The van der Waals surface area contributed by atoms with E-state index in [-0.39, 0.29) is 19.5 Å². The maximum Gasteiger partial charge on any atom is 0.325 e. The van der Waals surface area contributed by atoms with E-state index in [2.05, 4.69) is 16.0 Å². The fourth-order valence-corrected chi connectivity index (χ4v) is 3.47. The first-order valence-electron chi connectivity index (χ1n) is 10.3. The van der Waals surface area contributed by atoms with Crippen LogP contribution in [-0.2, 0) is 21.7 Å². The number of carbonyl (C=O) groups excluding carboxylic acids is 4. The van der Waals surface area contributed by atoms with Crippen LogP contribution >= 0.6 is 0 Å². The second-order valence-electron chi connectivity index (χ2n) is 7.55. The summed E-state index contributed by atoms with van der Waals surface area (Å²) in [6, 6.07) is 12.9. The molecule has 1 unspecified atom stereocenters. The van der Waals surface area contributed by atoms with Crippen molar-refractivity contribution in [2.75, 3.05) is 20.8 Å². The van der Waals surface area contributed by atoms with Gasteiger partial charge in [-0.2, -0.15) is 0 Å². The molecule has 3 N–H and O–H groups in total. The standard InChI is InChI=1S/C23H26N4O6/c1-23(16-9-10-17(32-2)18(13-16)33-3)20(29)27(22(31)26-23)12-11-19(28)25-21(30)24-14-15-7-5-4-6-8-15/h4-10,13H,11-12,14H2,1-3H3,(H,26,31)(H2,24,25,28,30). The van der Waals surface area contributed by atoms with E-state index < -0.39 is 29.4 Å². The minimum Gasteiger partial charge on any atom is -0.493 e. The zero-order chi connectivity index (χ0) is 24.0. The normalized spacial score (nSPS) is 17.4. The molecule has 1 aliphatic heterocycles. The van der Waals surface area contributed by atoms with Crippen LogP contribution in [0.5, 0.6) is 11.5 Å². The molecule has 0 spiro atoms. The van der Waals surface area contributed by atoms with Gasteiger partial charge in [-0.15, -0.1) is 0 Å². The molecule has 1 aliphatic rings. The highest BCUT2D eigenvalue weighted by atomic mass is 16.5. The Hall–Kier alpha value is -4.08. The van der Waals surface area contributed by atoms with Gasteiger partial charge in [0.05, 0.1) is 14.2 Å². The summed E-state index contributed by atoms with van der Waals surface area (Å²) in [5.74, 6) is -0.222. The zero-order valence-electron chi connectivity index (χ0n) is 18.6. The van der Waals surface area contributed by atoms with Gasteiger partial charge in [0, 0.05) is 19.5 Å². The van der Waals surface area contributed by atoms with Crippen LogP contribution in [-0.4, -0.2) is 49.5 Å². The molecule has 0 aromatic heterocycles. The summed E-state index contributed by atoms with van der Waals surface area (Å²) in [5.41, 5.74) is 0.0554. The highest BCUT2D eigenvalue weighted by Gasteiger charge is 2.49. The van der Waals surface area contributed by atoms with E-state index in [1.807, 2.05) is 30.3 Å². The van der Waals surface area contributed by atoms with Gasteiger partial charge < -0.3 is 20.1 Å². The Morgan fingerprint density at radius 2 is 1.73 bits per heavy atom. The van der Waals surface area contributed by atoms with Crippen LogP contribution in [0.4, 0.5) is 9.59 Å². The number of hydrogen-bond acceptors (Lipinski definition) is 6. The molecule has 33 heavy (non-hydrogen) atoms. The number of imide groups is 2. The third-order valence-corrected chi connectivity index (χ3v) is 5.35. The molecule has 0 aliphatic carbocycles. The lowest BCUT2D eigenvalue weighted by Gasteiger charge is -2.23. The predicted octanol–water partition coefficient (Wildman–Crippen LogP) is 1.89. The van der Waals surface area contributed by atoms with Crippen molar-refractivity contribution in [3.63, 3.8) is 0 Å². The fourth-order valence-electron chi connectivity index (χ4n) is 3.47. The SMILES string of the molecule is COc1ccc(C2(C)NC(=O)N(CCC(=O)NC(=O)NCc3ccccc3)C2=O)cc1OC. The molecule has 3 rings (SSSR count). The van der Waals surface area contributed by atoms with Crippen LogP contribution in [0, 0.1) is 0 Å². The zero-order valence-corrected chi connectivity index (χ0v) is 18.6. The van der Waals surface area contributed by atoms with Gasteiger partial charge in [-0.3, -0.25) is 19.8 Å². The molecule has 2 aromatic carbocycles. The van der Waals surface area contributed by atoms with Crippen molar-refractivity contribution in [3.05, 3.63) is 59.7 Å². The monoisotopic (exact) mass is 454 g/mol. The minimum atomic E-state index is -1.33. The lowest BCUT2D eigenvalue weighted by molar-refractivity contribution is -0.131. The summed E-state index contributed by atoms with van der Waals surface area (Å²) < 4.78 is 10.5. The number of carbonyl (C=O) groups is 4. The molecule has 10 nitrogen and oxygen atoms in total. The molecule has 10 heteroatoms. The second kappa shape index (κ2) is 10.0. The molecule has 1 fully saturated rings. The Labute approximate surface area is 191 Å². The molecule has 174 valence electrons. The first kappa shape index (κ1) is 23.6. The summed E-state index contributed by atoms with van der Waals surface area (Å²) in [6.07, 6.45) is -0.222. The first-order valence-corrected chi connectivity index (χ1v) is 10.3. The van der Waals surface area contributed by atoms with Crippen molar-refractivity contribution in [2.45, 2.75) is 25.4 Å². The Morgan fingerprint density at radius 3 is 2.39 bits per heavy atom. The van der Waals surface area contributed by atoms with E-state index in [0.717, 1.165) is 10.5 Å². The summed E-state index contributed by atoms with van der Waals surface area (Å²) in [5, 5.41) is 7.44. The van der Waals surface area contributed by atoms with Crippen LogP contribution in [0.1, 0.15) is 24.5 Å². The molecule has 2 aromatic rings. The number of hydrogen-bond donors (Lipinski definition) is 3. The van der Waals surface area contributed by atoms with E-state index in [4.69, 9.17) is 9.47 Å². The number of amides is 6. The Kier molecular flexibility index (Phi) is 7.17. The first-order chi connectivity index (χ1) is 15.8. The van der Waals surface area contributed by atoms with Gasteiger partial charge in [0.25, 0.3) is 5.91 Å². The molecule has 0 bridgehead atoms. The quantitative estimate of drug-likeness (QED) is 0.523. The van der Waals surface area contributed by atoms with Gasteiger partial charge in [-0.25, -0.2) is 9.59 Å². The van der Waals surface area contributed by atoms with Crippen molar-refractivity contribution in [2.24, 2.45) is 0 Å². The van der Waals surface area contributed by atoms with Crippen LogP contribution in [0.2, 0.25) is 0 Å². The van der Waals surface area contributed by atoms with Gasteiger partial charge in [-0.05, 0) is 30.2 Å². The molecule has 1 heterocycles. The largest absolute Gasteiger partial charge is 0.493 e. The van der Waals surface area contributed by atoms with E-state index in [1.54, 1.807) is 25.1 Å². The molecule has 0 radical (unpaired) electrons. The minimum absolute atomic E-state index is 0.175. The average Bonchev–Trinajstić information content (AvgIpc) is 3.04. The van der Waals surface area contributed by atoms with Crippen molar-refractivity contribution in [3.8, 4) is 11.5 Å². The van der Waals surface area contributed by atoms with Crippen molar-refractivity contribution in [1.82, 2.24) is 20.9 Å². The van der Waals surface area contributed by atoms with Gasteiger partial charge in [0.2, 0.25) is 5.91 Å². The number of methoxy groups -OCH3 is 2. The molecule has 6 amide bonds. The highest BCUT2D eigenvalue weighted by Crippen LogP contribution is 2.35. The van der Waals surface area contributed by atoms with E-state index in [0.29, 0.717) is 17.1 Å². The van der Waals surface area contributed by atoms with Crippen LogP contribution in [0.15, 0.2) is 48.5 Å². The second-order valence-corrected chi connectivity index (χ2v) is 7.55. The van der Waals surface area contributed by atoms with Crippen molar-refractivity contribution >= 4 is 23.9 Å². The maximum atomic E-state index is 13.0. The molecular weight excluding hydrogens is 428 g/mol. The molecular formula is C23H26N4O6. The number of urea groups is 2. The number of nitrogens with one attached hydrogen (secondary N) is 3. The van der Waals surface area contributed by atoms with E-state index >= 15 is 0 Å². The summed E-state index contributed by atoms with van der Waals surface area (Å²) in [4.78, 5) is 50.6. The van der Waals surface area contributed by atoms with E-state index in [1.165, 1.54) is 14.2 Å². The summed E-state index contributed by atoms with van der Waals surface area (Å²) in [6.45, 7) is 1.66. The van der Waals surface area contributed by atoms with Gasteiger partial charge in [0.1, 0.15) is 5.54 Å². The highest BCUT2D eigenvalue weighted by molar-refractivity contribution is 6.07. The fraction of sp³-hybridized carbons (Fsp3) is 0.304. The number of nitrogens with zero attached hydrogens (tertiary/aromatic N) is 1. The Bertz CT molecular complexity index is 1060. The summed E-state index contributed by atoms with van der Waals surface area (Å²) >= 11 is 0. The topological polar surface area (TPSA) is 126 Å². The number of benzene rings is 2. The Morgan fingerprint density at radius 1 is 1.03 bits per heavy atom. The summed E-state index contributed by atoms with van der Waals surface area (Å²) in [7, 11) is 2.97. The van der Waals surface area contributed by atoms with Crippen molar-refractivity contribution in [1.29, 1.82) is 0 Å². The third-order valence-electron chi connectivity index (χ3n) is 5.35. The number of ether oxygens (including phenoxy) is 2. The van der Waals surface area contributed by atoms with Gasteiger partial charge in [-0.1, -0.05) is 36.4 Å². The smallest absolute Gasteiger partial charge is 0.325 e. The molecule has 1 atom stereocenters. The molecule has 1 saturated heterocycles. The van der Waals surface area contributed by atoms with Crippen molar-refractivity contribution < 1.29 is 28.7 Å². The maximum absolute atomic E-state index is 13.0. The Balaban J connectivity index is 1.57. The van der Waals surface area contributed by atoms with Crippen LogP contribution < -0.4 is 25.4 Å². The lowest BCUT2D eigenvalue weighted by Crippen LogP contribution is -2.42. The van der Waals surface area contributed by atoms with Gasteiger partial charge >= 0.3 is 12.1 Å². The lowest BCUT2D eigenvalue weighted by atomic mass is 9.91. The van der Waals surface area contributed by atoms with Crippen LogP contribution in [0.25, 0.3) is 0 Å². The predicted molar refractivity (Wildman–Crippen MR) is 119 cm³/mol. The number of rotatable bonds is 8. The van der Waals surface area contributed by atoms with Gasteiger partial charge in [0.15, 0.2) is 11.5 Å². The molecule has 0 saturated carbocycles. The average molecular weight is 454 g/mol. The third kappa shape index (κ3) is 5.22.